The van der Waals surface area contributed by atoms with E-state index >= 15 is 0 Å². The number of fused-ring (bicyclic) bond motifs is 5. The zero-order chi connectivity index (χ0) is 20.5. The Bertz CT molecular complexity index is 1180. The highest BCUT2D eigenvalue weighted by atomic mass is 32.1. The number of aromatic nitrogens is 3. The predicted octanol–water partition coefficient (Wildman–Crippen LogP) is 3.73. The van der Waals surface area contributed by atoms with Gasteiger partial charge in [-0.1, -0.05) is 30.3 Å². The molecular formula is C24H28N5S+. The normalized spacial score (nSPS) is 13.8. The number of nitrogens with zero attached hydrogens (tertiary/aromatic N) is 3. The van der Waals surface area contributed by atoms with Crippen LogP contribution in [0.15, 0.2) is 36.7 Å². The summed E-state index contributed by atoms with van der Waals surface area (Å²) in [5, 5.41) is 4.81. The maximum Gasteiger partial charge on any atom is 0.147 e. The highest BCUT2D eigenvalue weighted by molar-refractivity contribution is 7.26. The third-order valence-corrected chi connectivity index (χ3v) is 6.99. The van der Waals surface area contributed by atoms with Gasteiger partial charge in [0.1, 0.15) is 17.0 Å². The summed E-state index contributed by atoms with van der Waals surface area (Å²) in [6.07, 6.45) is 7.50. The summed E-state index contributed by atoms with van der Waals surface area (Å²) in [6.45, 7) is 2.06. The fourth-order valence-corrected chi connectivity index (χ4v) is 5.59. The van der Waals surface area contributed by atoms with E-state index in [1.807, 2.05) is 0 Å². The quantitative estimate of drug-likeness (QED) is 0.469. The van der Waals surface area contributed by atoms with E-state index in [0.29, 0.717) is 0 Å². The summed E-state index contributed by atoms with van der Waals surface area (Å²) in [4.78, 5) is 17.0. The number of pyridine rings is 1. The Kier molecular flexibility index (Phi) is 5.35. The molecule has 0 atom stereocenters. The first kappa shape index (κ1) is 19.4. The van der Waals surface area contributed by atoms with E-state index in [9.17, 15) is 0 Å². The number of benzene rings is 1. The zero-order valence-electron chi connectivity index (χ0n) is 17.7. The fraction of sp³-hybridized carbons (Fsp3) is 0.375. The van der Waals surface area contributed by atoms with E-state index < -0.39 is 0 Å². The molecule has 0 aliphatic heterocycles. The minimum Gasteiger partial charge on any atom is -0.369 e. The Morgan fingerprint density at radius 3 is 2.63 bits per heavy atom. The second-order valence-electron chi connectivity index (χ2n) is 8.41. The van der Waals surface area contributed by atoms with Gasteiger partial charge in [-0.2, -0.15) is 0 Å². The van der Waals surface area contributed by atoms with E-state index in [0.717, 1.165) is 58.9 Å². The molecule has 0 bridgehead atoms. The number of nitrogens with one attached hydrogen (secondary N) is 2. The van der Waals surface area contributed by atoms with Gasteiger partial charge < -0.3 is 10.2 Å². The van der Waals surface area contributed by atoms with Crippen molar-refractivity contribution in [2.24, 2.45) is 0 Å². The summed E-state index contributed by atoms with van der Waals surface area (Å²) >= 11 is 1.73. The van der Waals surface area contributed by atoms with Crippen LogP contribution in [0.3, 0.4) is 0 Å². The Hall–Kier alpha value is -2.57. The Morgan fingerprint density at radius 2 is 1.83 bits per heavy atom. The molecule has 3 aromatic heterocycles. The Labute approximate surface area is 181 Å². The highest BCUT2D eigenvalue weighted by Crippen LogP contribution is 2.42. The molecule has 154 valence electrons. The lowest BCUT2D eigenvalue weighted by Crippen LogP contribution is -3.05. The Morgan fingerprint density at radius 1 is 1.03 bits per heavy atom. The molecule has 0 fully saturated rings. The highest BCUT2D eigenvalue weighted by Gasteiger charge is 2.23. The first-order chi connectivity index (χ1) is 14.7. The van der Waals surface area contributed by atoms with Gasteiger partial charge in [0.25, 0.3) is 0 Å². The summed E-state index contributed by atoms with van der Waals surface area (Å²) in [7, 11) is 4.38. The zero-order valence-corrected chi connectivity index (χ0v) is 18.5. The molecule has 30 heavy (non-hydrogen) atoms. The van der Waals surface area contributed by atoms with Crippen LogP contribution in [0.5, 0.6) is 0 Å². The van der Waals surface area contributed by atoms with Crippen molar-refractivity contribution in [3.05, 3.63) is 47.8 Å². The van der Waals surface area contributed by atoms with Crippen LogP contribution < -0.4 is 10.2 Å². The largest absolute Gasteiger partial charge is 0.369 e. The number of rotatable bonds is 6. The van der Waals surface area contributed by atoms with Gasteiger partial charge in [0.2, 0.25) is 0 Å². The van der Waals surface area contributed by atoms with Crippen LogP contribution in [0.25, 0.3) is 31.7 Å². The van der Waals surface area contributed by atoms with Gasteiger partial charge in [-0.15, -0.1) is 11.3 Å². The number of aryl methyl sites for hydroxylation is 1. The molecule has 0 saturated heterocycles. The van der Waals surface area contributed by atoms with Crippen LogP contribution in [0, 0.1) is 0 Å². The van der Waals surface area contributed by atoms with E-state index in [1.165, 1.54) is 39.8 Å². The van der Waals surface area contributed by atoms with E-state index in [2.05, 4.69) is 54.7 Å². The molecule has 4 aromatic rings. The van der Waals surface area contributed by atoms with Crippen molar-refractivity contribution >= 4 is 37.6 Å². The van der Waals surface area contributed by atoms with Crippen LogP contribution in [0.4, 0.5) is 5.82 Å². The van der Waals surface area contributed by atoms with Gasteiger partial charge in [0.05, 0.1) is 36.6 Å². The molecular weight excluding hydrogens is 390 g/mol. The maximum absolute atomic E-state index is 5.18. The second-order valence-corrected chi connectivity index (χ2v) is 9.41. The van der Waals surface area contributed by atoms with Crippen LogP contribution in [-0.4, -0.2) is 42.1 Å². The van der Waals surface area contributed by atoms with Crippen LogP contribution in [-0.2, 0) is 12.8 Å². The standard InChI is InChI=1S/C24H27N5S/c1-29(2)14-8-13-25-23-22-21(26-15-27-23)19-17-11-6-7-12-18(17)20(28-24(19)30-22)16-9-4-3-5-10-16/h3-5,9-10,15H,6-8,11-14H2,1-2H3,(H,25,26,27)/p+1. The number of hydrogen-bond acceptors (Lipinski definition) is 5. The monoisotopic (exact) mass is 418 g/mol. The van der Waals surface area contributed by atoms with Crippen LogP contribution in [0.2, 0.25) is 0 Å². The molecule has 0 spiro atoms. The first-order valence-electron chi connectivity index (χ1n) is 10.9. The lowest BCUT2D eigenvalue weighted by atomic mass is 9.87. The van der Waals surface area contributed by atoms with Crippen molar-refractivity contribution in [2.75, 3.05) is 32.5 Å². The minimum atomic E-state index is 0.923. The lowest BCUT2D eigenvalue weighted by Gasteiger charge is -2.20. The third-order valence-electron chi connectivity index (χ3n) is 5.92. The van der Waals surface area contributed by atoms with Gasteiger partial charge >= 0.3 is 0 Å². The molecule has 0 amide bonds. The molecule has 2 N–H and O–H groups in total. The molecule has 3 heterocycles. The SMILES string of the molecule is C[NH+](C)CCCNc1ncnc2c1sc1nc(-c3ccccc3)c3c(c12)CCCC3. The molecule has 0 unspecified atom stereocenters. The second kappa shape index (κ2) is 8.28. The van der Waals surface area contributed by atoms with Crippen molar-refractivity contribution in [3.8, 4) is 11.3 Å². The minimum absolute atomic E-state index is 0.923. The molecule has 1 aromatic carbocycles. The average molecular weight is 419 g/mol. The van der Waals surface area contributed by atoms with Crippen LogP contribution >= 0.6 is 11.3 Å². The summed E-state index contributed by atoms with van der Waals surface area (Å²) in [5.41, 5.74) is 6.31. The van der Waals surface area contributed by atoms with Gasteiger partial charge in [0, 0.05) is 23.9 Å². The fourth-order valence-electron chi connectivity index (χ4n) is 4.47. The molecule has 5 rings (SSSR count). The molecule has 6 heteroatoms. The van der Waals surface area contributed by atoms with E-state index in [1.54, 1.807) is 17.7 Å². The van der Waals surface area contributed by atoms with Gasteiger partial charge in [-0.25, -0.2) is 15.0 Å². The number of quaternary nitrogens is 1. The molecule has 0 radical (unpaired) electrons. The van der Waals surface area contributed by atoms with Crippen molar-refractivity contribution in [3.63, 3.8) is 0 Å². The number of hydrogen-bond donors (Lipinski definition) is 2. The van der Waals surface area contributed by atoms with E-state index in [-0.39, 0.29) is 0 Å². The number of anilines is 1. The smallest absolute Gasteiger partial charge is 0.147 e. The van der Waals surface area contributed by atoms with Gasteiger partial charge in [-0.3, -0.25) is 0 Å². The predicted molar refractivity (Wildman–Crippen MR) is 126 cm³/mol. The third kappa shape index (κ3) is 3.55. The van der Waals surface area contributed by atoms with Crippen molar-refractivity contribution in [2.45, 2.75) is 32.1 Å². The molecule has 0 saturated carbocycles. The molecule has 1 aliphatic rings. The van der Waals surface area contributed by atoms with Gasteiger partial charge in [-0.05, 0) is 36.8 Å². The van der Waals surface area contributed by atoms with Crippen molar-refractivity contribution < 1.29 is 4.90 Å². The number of thiophene rings is 1. The Balaban J connectivity index is 1.63. The molecule has 5 nitrogen and oxygen atoms in total. The first-order valence-corrected chi connectivity index (χ1v) is 11.7. The summed E-state index contributed by atoms with van der Waals surface area (Å²) in [5.74, 6) is 0.947. The van der Waals surface area contributed by atoms with Crippen molar-refractivity contribution in [1.82, 2.24) is 15.0 Å². The summed E-state index contributed by atoms with van der Waals surface area (Å²) < 4.78 is 1.13. The molecule has 1 aliphatic carbocycles. The van der Waals surface area contributed by atoms with Gasteiger partial charge in [0.15, 0.2) is 0 Å². The summed E-state index contributed by atoms with van der Waals surface area (Å²) in [6, 6.07) is 10.6. The van der Waals surface area contributed by atoms with Crippen LogP contribution in [0.1, 0.15) is 30.4 Å². The average Bonchev–Trinajstić information content (AvgIpc) is 3.16. The van der Waals surface area contributed by atoms with Crippen molar-refractivity contribution in [1.29, 1.82) is 0 Å². The maximum atomic E-state index is 5.18. The lowest BCUT2D eigenvalue weighted by molar-refractivity contribution is -0.858. The topological polar surface area (TPSA) is 55.1 Å². The van der Waals surface area contributed by atoms with E-state index in [4.69, 9.17) is 9.97 Å².